The third-order valence-electron chi connectivity index (χ3n) is 2.65. The smallest absolute Gasteiger partial charge is 0.228 e. The van der Waals surface area contributed by atoms with E-state index < -0.39 is 0 Å². The summed E-state index contributed by atoms with van der Waals surface area (Å²) in [5.41, 5.74) is 3.28. The number of nitrogens with one attached hydrogen (secondary N) is 1. The Kier molecular flexibility index (Phi) is 3.94. The molecule has 94 valence electrons. The zero-order chi connectivity index (χ0) is 13.7. The second-order valence-corrected chi connectivity index (χ2v) is 4.26. The van der Waals surface area contributed by atoms with Gasteiger partial charge < -0.3 is 5.32 Å². The lowest BCUT2D eigenvalue weighted by atomic mass is 10.1. The molecule has 1 N–H and O–H groups in total. The molecule has 0 bridgehead atoms. The summed E-state index contributed by atoms with van der Waals surface area (Å²) in [5, 5.41) is 2.82. The van der Waals surface area contributed by atoms with Gasteiger partial charge in [0, 0.05) is 23.1 Å². The van der Waals surface area contributed by atoms with Crippen molar-refractivity contribution in [1.82, 2.24) is 4.98 Å². The van der Waals surface area contributed by atoms with Gasteiger partial charge in [-0.05, 0) is 36.8 Å². The molecule has 0 radical (unpaired) electrons. The lowest BCUT2D eigenvalue weighted by molar-refractivity contribution is -0.115. The van der Waals surface area contributed by atoms with E-state index in [0.717, 1.165) is 16.8 Å². The minimum atomic E-state index is -0.0835. The minimum Gasteiger partial charge on any atom is -0.326 e. The van der Waals surface area contributed by atoms with Gasteiger partial charge in [-0.25, -0.2) is 0 Å². The summed E-state index contributed by atoms with van der Waals surface area (Å²) in [6.07, 6.45) is 7.33. The number of benzene rings is 1. The lowest BCUT2D eigenvalue weighted by Gasteiger charge is -2.05. The summed E-state index contributed by atoms with van der Waals surface area (Å²) < 4.78 is 0. The number of hydrogen-bond donors (Lipinski definition) is 1. The topological polar surface area (TPSA) is 42.0 Å². The quantitative estimate of drug-likeness (QED) is 0.851. The minimum absolute atomic E-state index is 0.0835. The highest BCUT2D eigenvalue weighted by atomic mass is 16.1. The molecular weight excluding hydrogens is 236 g/mol. The van der Waals surface area contributed by atoms with Crippen LogP contribution in [0, 0.1) is 19.3 Å². The van der Waals surface area contributed by atoms with Crippen LogP contribution < -0.4 is 5.32 Å². The van der Waals surface area contributed by atoms with E-state index in [1.54, 1.807) is 12.3 Å². The van der Waals surface area contributed by atoms with Crippen LogP contribution in [0.1, 0.15) is 16.8 Å². The van der Waals surface area contributed by atoms with Crippen LogP contribution in [0.25, 0.3) is 0 Å². The summed E-state index contributed by atoms with van der Waals surface area (Å²) in [6.45, 7) is 1.91. The molecule has 1 amide bonds. The molecule has 0 fully saturated rings. The van der Waals surface area contributed by atoms with Crippen molar-refractivity contribution < 1.29 is 4.79 Å². The predicted octanol–water partition coefficient (Wildman–Crippen LogP) is 2.55. The van der Waals surface area contributed by atoms with Gasteiger partial charge in [0.05, 0.1) is 6.42 Å². The van der Waals surface area contributed by atoms with Gasteiger partial charge in [-0.1, -0.05) is 18.1 Å². The van der Waals surface area contributed by atoms with Crippen LogP contribution in [-0.4, -0.2) is 10.9 Å². The fourth-order valence-corrected chi connectivity index (χ4v) is 1.68. The first-order valence-corrected chi connectivity index (χ1v) is 5.95. The first kappa shape index (κ1) is 12.8. The normalized spacial score (nSPS) is 9.68. The van der Waals surface area contributed by atoms with E-state index in [0.29, 0.717) is 12.1 Å². The Hall–Kier alpha value is -2.60. The maximum absolute atomic E-state index is 11.9. The van der Waals surface area contributed by atoms with Crippen LogP contribution in [0.5, 0.6) is 0 Å². The van der Waals surface area contributed by atoms with E-state index in [-0.39, 0.29) is 5.91 Å². The summed E-state index contributed by atoms with van der Waals surface area (Å²) in [5.74, 6) is 2.45. The fourth-order valence-electron chi connectivity index (χ4n) is 1.68. The molecule has 0 unspecified atom stereocenters. The number of terminal acetylenes is 1. The van der Waals surface area contributed by atoms with Crippen LogP contribution in [-0.2, 0) is 11.2 Å². The van der Waals surface area contributed by atoms with Crippen molar-refractivity contribution in [2.45, 2.75) is 13.3 Å². The summed E-state index contributed by atoms with van der Waals surface area (Å²) >= 11 is 0. The average Bonchev–Trinajstić information content (AvgIpc) is 2.41. The SMILES string of the molecule is C#Cc1cccc(NC(=O)Cc2ccc(C)nc2)c1. The third-order valence-corrected chi connectivity index (χ3v) is 2.65. The van der Waals surface area contributed by atoms with Gasteiger partial charge in [-0.3, -0.25) is 9.78 Å². The van der Waals surface area contributed by atoms with Crippen molar-refractivity contribution in [2.24, 2.45) is 0 Å². The van der Waals surface area contributed by atoms with E-state index in [1.807, 2.05) is 37.3 Å². The number of aryl methyl sites for hydroxylation is 1. The number of rotatable bonds is 3. The van der Waals surface area contributed by atoms with Crippen LogP contribution >= 0.6 is 0 Å². The van der Waals surface area contributed by atoms with Crippen molar-refractivity contribution in [2.75, 3.05) is 5.32 Å². The number of nitrogens with zero attached hydrogens (tertiary/aromatic N) is 1. The maximum Gasteiger partial charge on any atom is 0.228 e. The summed E-state index contributed by atoms with van der Waals surface area (Å²) in [6, 6.07) is 11.0. The molecule has 0 aliphatic heterocycles. The molecule has 0 saturated carbocycles. The summed E-state index contributed by atoms with van der Waals surface area (Å²) in [7, 11) is 0. The number of aromatic nitrogens is 1. The van der Waals surface area contributed by atoms with Crippen molar-refractivity contribution in [3.8, 4) is 12.3 Å². The molecule has 3 nitrogen and oxygen atoms in total. The Balaban J connectivity index is 2.01. The van der Waals surface area contributed by atoms with Gasteiger partial charge in [0.25, 0.3) is 0 Å². The average molecular weight is 250 g/mol. The van der Waals surface area contributed by atoms with Crippen molar-refractivity contribution in [1.29, 1.82) is 0 Å². The van der Waals surface area contributed by atoms with Crippen LogP contribution in [0.2, 0.25) is 0 Å². The van der Waals surface area contributed by atoms with Gasteiger partial charge in [0.2, 0.25) is 5.91 Å². The number of anilines is 1. The molecule has 1 heterocycles. The van der Waals surface area contributed by atoms with Crippen molar-refractivity contribution in [3.05, 3.63) is 59.4 Å². The third kappa shape index (κ3) is 3.68. The van der Waals surface area contributed by atoms with E-state index >= 15 is 0 Å². The Bertz CT molecular complexity index is 624. The number of amides is 1. The van der Waals surface area contributed by atoms with Gasteiger partial charge in [0.1, 0.15) is 0 Å². The largest absolute Gasteiger partial charge is 0.326 e. The first-order valence-electron chi connectivity index (χ1n) is 5.95. The molecule has 19 heavy (non-hydrogen) atoms. The van der Waals surface area contributed by atoms with Gasteiger partial charge in [0.15, 0.2) is 0 Å². The molecule has 1 aromatic carbocycles. The highest BCUT2D eigenvalue weighted by Gasteiger charge is 2.04. The second-order valence-electron chi connectivity index (χ2n) is 4.26. The van der Waals surface area contributed by atoms with E-state index in [4.69, 9.17) is 6.42 Å². The van der Waals surface area contributed by atoms with Crippen LogP contribution in [0.3, 0.4) is 0 Å². The molecular formula is C16H14N2O. The van der Waals surface area contributed by atoms with Crippen LogP contribution in [0.4, 0.5) is 5.69 Å². The number of hydrogen-bond acceptors (Lipinski definition) is 2. The maximum atomic E-state index is 11.9. The molecule has 1 aromatic heterocycles. The predicted molar refractivity (Wildman–Crippen MR) is 75.7 cm³/mol. The zero-order valence-corrected chi connectivity index (χ0v) is 10.7. The fraction of sp³-hybridized carbons (Fsp3) is 0.125. The lowest BCUT2D eigenvalue weighted by Crippen LogP contribution is -2.14. The molecule has 0 saturated heterocycles. The summed E-state index contributed by atoms with van der Waals surface area (Å²) in [4.78, 5) is 16.0. The highest BCUT2D eigenvalue weighted by molar-refractivity contribution is 5.92. The number of carbonyl (C=O) groups is 1. The second kappa shape index (κ2) is 5.83. The Morgan fingerprint density at radius 2 is 2.21 bits per heavy atom. The molecule has 0 aliphatic rings. The molecule has 0 spiro atoms. The Labute approximate surface area is 112 Å². The van der Waals surface area contributed by atoms with E-state index in [2.05, 4.69) is 16.2 Å². The van der Waals surface area contributed by atoms with Gasteiger partial charge in [-0.15, -0.1) is 6.42 Å². The molecule has 3 heteroatoms. The molecule has 2 aromatic rings. The molecule has 0 atom stereocenters. The van der Waals surface area contributed by atoms with Gasteiger partial charge >= 0.3 is 0 Å². The first-order chi connectivity index (χ1) is 9.17. The van der Waals surface area contributed by atoms with Crippen molar-refractivity contribution in [3.63, 3.8) is 0 Å². The zero-order valence-electron chi connectivity index (χ0n) is 10.7. The van der Waals surface area contributed by atoms with Crippen molar-refractivity contribution >= 4 is 11.6 Å². The van der Waals surface area contributed by atoms with Crippen LogP contribution in [0.15, 0.2) is 42.6 Å². The Morgan fingerprint density at radius 3 is 2.89 bits per heavy atom. The monoisotopic (exact) mass is 250 g/mol. The number of carbonyl (C=O) groups excluding carboxylic acids is 1. The standard InChI is InChI=1S/C16H14N2O/c1-3-13-5-4-6-15(9-13)18-16(19)10-14-8-7-12(2)17-11-14/h1,4-9,11H,10H2,2H3,(H,18,19). The van der Waals surface area contributed by atoms with E-state index in [9.17, 15) is 4.79 Å². The van der Waals surface area contributed by atoms with E-state index in [1.165, 1.54) is 0 Å². The Morgan fingerprint density at radius 1 is 1.37 bits per heavy atom. The molecule has 2 rings (SSSR count). The number of pyridine rings is 1. The highest BCUT2D eigenvalue weighted by Crippen LogP contribution is 2.10. The molecule has 0 aliphatic carbocycles. The van der Waals surface area contributed by atoms with Gasteiger partial charge in [-0.2, -0.15) is 0 Å².